The summed E-state index contributed by atoms with van der Waals surface area (Å²) in [6, 6.07) is 8.62. The van der Waals surface area contributed by atoms with E-state index in [2.05, 4.69) is 24.3 Å². The van der Waals surface area contributed by atoms with E-state index in [1.165, 1.54) is 24.0 Å². The summed E-state index contributed by atoms with van der Waals surface area (Å²) in [5.74, 6) is 0. The van der Waals surface area contributed by atoms with Gasteiger partial charge in [-0.05, 0) is 36.8 Å². The molecule has 2 saturated heterocycles. The molecule has 0 amide bonds. The molecule has 2 heterocycles. The molecule has 0 bridgehead atoms. The van der Waals surface area contributed by atoms with Gasteiger partial charge in [-0.3, -0.25) is 0 Å². The third kappa shape index (κ3) is 1.87. The molecule has 86 valence electrons. The predicted octanol–water partition coefficient (Wildman–Crippen LogP) is 3.39. The fourth-order valence-electron chi connectivity index (χ4n) is 2.74. The first-order chi connectivity index (χ1) is 7.95. The van der Waals surface area contributed by atoms with Gasteiger partial charge < -0.3 is 9.47 Å². The van der Waals surface area contributed by atoms with Gasteiger partial charge in [0.25, 0.3) is 0 Å². The van der Waals surface area contributed by atoms with Crippen LogP contribution in [0.15, 0.2) is 24.3 Å². The van der Waals surface area contributed by atoms with E-state index in [1.807, 2.05) is 0 Å². The molecule has 0 N–H and O–H groups in total. The molecule has 2 aliphatic heterocycles. The Morgan fingerprint density at radius 2 is 1.31 bits per heavy atom. The van der Waals surface area contributed by atoms with Gasteiger partial charge in [-0.1, -0.05) is 24.3 Å². The van der Waals surface area contributed by atoms with Gasteiger partial charge in [0.15, 0.2) is 0 Å². The molecule has 2 unspecified atom stereocenters. The van der Waals surface area contributed by atoms with Gasteiger partial charge in [-0.25, -0.2) is 0 Å². The van der Waals surface area contributed by atoms with Gasteiger partial charge in [-0.2, -0.15) is 0 Å². The molecule has 1 aromatic rings. The Morgan fingerprint density at radius 1 is 0.812 bits per heavy atom. The Labute approximate surface area is 96.6 Å². The quantitative estimate of drug-likeness (QED) is 0.757. The van der Waals surface area contributed by atoms with Crippen molar-refractivity contribution in [1.82, 2.24) is 0 Å². The summed E-state index contributed by atoms with van der Waals surface area (Å²) in [7, 11) is 0. The molecule has 2 heteroatoms. The number of rotatable bonds is 2. The minimum Gasteiger partial charge on any atom is -0.374 e. The van der Waals surface area contributed by atoms with Crippen molar-refractivity contribution in [3.63, 3.8) is 0 Å². The molecule has 0 radical (unpaired) electrons. The second-order valence-corrected chi connectivity index (χ2v) is 4.63. The highest BCUT2D eigenvalue weighted by Crippen LogP contribution is 2.37. The lowest BCUT2D eigenvalue weighted by Gasteiger charge is -2.18. The van der Waals surface area contributed by atoms with Crippen LogP contribution in [0.25, 0.3) is 0 Å². The molecule has 2 nitrogen and oxygen atoms in total. The molecule has 3 rings (SSSR count). The first-order valence-electron chi connectivity index (χ1n) is 6.27. The molecule has 1 aromatic carbocycles. The number of hydrogen-bond donors (Lipinski definition) is 0. The van der Waals surface area contributed by atoms with Crippen LogP contribution in [0.3, 0.4) is 0 Å². The molecular formula is C14H18O2. The summed E-state index contributed by atoms with van der Waals surface area (Å²) in [5.41, 5.74) is 2.71. The minimum atomic E-state index is 0.306. The molecule has 2 fully saturated rings. The summed E-state index contributed by atoms with van der Waals surface area (Å²) >= 11 is 0. The van der Waals surface area contributed by atoms with E-state index in [-0.39, 0.29) is 0 Å². The van der Waals surface area contributed by atoms with Crippen molar-refractivity contribution in [3.8, 4) is 0 Å². The van der Waals surface area contributed by atoms with Crippen LogP contribution in [-0.4, -0.2) is 13.2 Å². The summed E-state index contributed by atoms with van der Waals surface area (Å²) in [6.45, 7) is 1.81. The summed E-state index contributed by atoms with van der Waals surface area (Å²) in [4.78, 5) is 0. The monoisotopic (exact) mass is 218 g/mol. The lowest BCUT2D eigenvalue weighted by molar-refractivity contribution is 0.0942. The molecule has 0 saturated carbocycles. The van der Waals surface area contributed by atoms with Gasteiger partial charge in [0, 0.05) is 13.2 Å². The highest BCUT2D eigenvalue weighted by molar-refractivity contribution is 5.32. The zero-order valence-electron chi connectivity index (χ0n) is 9.52. The van der Waals surface area contributed by atoms with Crippen molar-refractivity contribution < 1.29 is 9.47 Å². The van der Waals surface area contributed by atoms with Crippen LogP contribution in [-0.2, 0) is 9.47 Å². The number of benzene rings is 1. The largest absolute Gasteiger partial charge is 0.374 e. The summed E-state index contributed by atoms with van der Waals surface area (Å²) < 4.78 is 11.6. The van der Waals surface area contributed by atoms with E-state index in [1.54, 1.807) is 0 Å². The lowest BCUT2D eigenvalue weighted by Crippen LogP contribution is -2.05. The third-order valence-electron chi connectivity index (χ3n) is 3.55. The highest BCUT2D eigenvalue weighted by Gasteiger charge is 2.25. The van der Waals surface area contributed by atoms with Crippen LogP contribution in [0.2, 0.25) is 0 Å². The van der Waals surface area contributed by atoms with E-state index < -0.39 is 0 Å². The maximum Gasteiger partial charge on any atom is 0.0829 e. The van der Waals surface area contributed by atoms with E-state index in [0.29, 0.717) is 12.2 Å². The molecule has 2 aliphatic rings. The zero-order chi connectivity index (χ0) is 10.8. The predicted molar refractivity (Wildman–Crippen MR) is 62.3 cm³/mol. The lowest BCUT2D eigenvalue weighted by atomic mass is 9.95. The Bertz CT molecular complexity index is 315. The third-order valence-corrected chi connectivity index (χ3v) is 3.55. The fraction of sp³-hybridized carbons (Fsp3) is 0.571. The smallest absolute Gasteiger partial charge is 0.0829 e. The van der Waals surface area contributed by atoms with Crippen molar-refractivity contribution in [2.45, 2.75) is 37.9 Å². The van der Waals surface area contributed by atoms with E-state index in [0.717, 1.165) is 26.1 Å². The molecule has 2 atom stereocenters. The van der Waals surface area contributed by atoms with Crippen LogP contribution in [0, 0.1) is 0 Å². The van der Waals surface area contributed by atoms with Crippen molar-refractivity contribution in [1.29, 1.82) is 0 Å². The molecule has 16 heavy (non-hydrogen) atoms. The zero-order valence-corrected chi connectivity index (χ0v) is 9.52. The van der Waals surface area contributed by atoms with E-state index in [4.69, 9.17) is 9.47 Å². The van der Waals surface area contributed by atoms with Crippen molar-refractivity contribution in [3.05, 3.63) is 35.4 Å². The first-order valence-corrected chi connectivity index (χ1v) is 6.27. The van der Waals surface area contributed by atoms with Gasteiger partial charge >= 0.3 is 0 Å². The van der Waals surface area contributed by atoms with Gasteiger partial charge in [0.1, 0.15) is 0 Å². The molecule has 0 aromatic heterocycles. The van der Waals surface area contributed by atoms with Crippen molar-refractivity contribution >= 4 is 0 Å². The Morgan fingerprint density at radius 3 is 1.69 bits per heavy atom. The molecule has 0 spiro atoms. The number of ether oxygens (including phenoxy) is 2. The van der Waals surface area contributed by atoms with Crippen LogP contribution in [0.4, 0.5) is 0 Å². The van der Waals surface area contributed by atoms with Crippen molar-refractivity contribution in [2.75, 3.05) is 13.2 Å². The normalized spacial score (nSPS) is 29.8. The fourth-order valence-corrected chi connectivity index (χ4v) is 2.74. The van der Waals surface area contributed by atoms with Crippen LogP contribution in [0.5, 0.6) is 0 Å². The second-order valence-electron chi connectivity index (χ2n) is 4.63. The molecular weight excluding hydrogens is 200 g/mol. The first kappa shape index (κ1) is 10.3. The average molecular weight is 218 g/mol. The van der Waals surface area contributed by atoms with Gasteiger partial charge in [0.2, 0.25) is 0 Å². The minimum absolute atomic E-state index is 0.306. The average Bonchev–Trinajstić information content (AvgIpc) is 3.03. The van der Waals surface area contributed by atoms with E-state index >= 15 is 0 Å². The summed E-state index contributed by atoms with van der Waals surface area (Å²) in [5, 5.41) is 0. The topological polar surface area (TPSA) is 18.5 Å². The number of hydrogen-bond acceptors (Lipinski definition) is 2. The second kappa shape index (κ2) is 4.56. The Kier molecular flexibility index (Phi) is 2.94. The molecule has 0 aliphatic carbocycles. The van der Waals surface area contributed by atoms with Crippen molar-refractivity contribution in [2.24, 2.45) is 0 Å². The highest BCUT2D eigenvalue weighted by atomic mass is 16.5. The van der Waals surface area contributed by atoms with E-state index in [9.17, 15) is 0 Å². The SMILES string of the molecule is c1ccc(C2CCCO2)c(C2CCCO2)c1. The van der Waals surface area contributed by atoms with Crippen LogP contribution >= 0.6 is 0 Å². The van der Waals surface area contributed by atoms with Gasteiger partial charge in [-0.15, -0.1) is 0 Å². The van der Waals surface area contributed by atoms with Gasteiger partial charge in [0.05, 0.1) is 12.2 Å². The summed E-state index contributed by atoms with van der Waals surface area (Å²) in [6.07, 6.45) is 5.29. The van der Waals surface area contributed by atoms with Crippen LogP contribution in [0.1, 0.15) is 49.0 Å². The Balaban J connectivity index is 1.90. The van der Waals surface area contributed by atoms with Crippen LogP contribution < -0.4 is 0 Å². The maximum absolute atomic E-state index is 5.78. The standard InChI is InChI=1S/C14H18O2/c1-2-6-12(14-8-4-10-16-14)11(5-1)13-7-3-9-15-13/h1-2,5-6,13-14H,3-4,7-10H2. The maximum atomic E-state index is 5.78. The Hall–Kier alpha value is -0.860.